The highest BCUT2D eigenvalue weighted by Crippen LogP contribution is 2.30. The van der Waals surface area contributed by atoms with E-state index in [1.165, 1.54) is 11.3 Å². The number of imidazole rings is 1. The number of hydrogen-bond acceptors (Lipinski definition) is 7. The second-order valence-electron chi connectivity index (χ2n) is 7.77. The van der Waals surface area contributed by atoms with Gasteiger partial charge in [0, 0.05) is 36.5 Å². The number of H-pyrrole nitrogens is 1. The SMILES string of the molecule is COc1ccccc1CN1CCc2nc(NC(=O)c3cccc4[nH]c(C(N)=O)nc34)sc2C1. The zero-order chi connectivity index (χ0) is 22.9. The average molecular weight is 463 g/mol. The van der Waals surface area contributed by atoms with E-state index in [1.807, 2.05) is 18.2 Å². The van der Waals surface area contributed by atoms with Crippen LogP contribution in [0.5, 0.6) is 5.75 Å². The maximum atomic E-state index is 13.0. The van der Waals surface area contributed by atoms with Crippen LogP contribution in [0.3, 0.4) is 0 Å². The first-order valence-electron chi connectivity index (χ1n) is 10.4. The van der Waals surface area contributed by atoms with Crippen molar-refractivity contribution in [3.05, 3.63) is 70.0 Å². The largest absolute Gasteiger partial charge is 0.496 e. The van der Waals surface area contributed by atoms with Gasteiger partial charge in [-0.05, 0) is 18.2 Å². The Morgan fingerprint density at radius 2 is 2.06 bits per heavy atom. The van der Waals surface area contributed by atoms with E-state index in [0.717, 1.165) is 47.9 Å². The summed E-state index contributed by atoms with van der Waals surface area (Å²) < 4.78 is 5.47. The number of carbonyl (C=O) groups is 2. The number of rotatable bonds is 6. The molecule has 0 unspecified atom stereocenters. The smallest absolute Gasteiger partial charge is 0.284 e. The van der Waals surface area contributed by atoms with Crippen molar-refractivity contribution in [1.29, 1.82) is 0 Å². The summed E-state index contributed by atoms with van der Waals surface area (Å²) in [6.07, 6.45) is 0.813. The van der Waals surface area contributed by atoms with Crippen LogP contribution in [0, 0.1) is 0 Å². The molecule has 0 saturated heterocycles. The number of carbonyl (C=O) groups excluding carboxylic acids is 2. The first-order valence-corrected chi connectivity index (χ1v) is 11.3. The Morgan fingerprint density at radius 1 is 1.21 bits per heavy atom. The number of anilines is 1. The van der Waals surface area contributed by atoms with Gasteiger partial charge < -0.3 is 15.5 Å². The molecule has 0 aliphatic carbocycles. The third kappa shape index (κ3) is 4.18. The highest BCUT2D eigenvalue weighted by Gasteiger charge is 2.23. The van der Waals surface area contributed by atoms with Crippen molar-refractivity contribution in [1.82, 2.24) is 19.9 Å². The van der Waals surface area contributed by atoms with Gasteiger partial charge in [-0.3, -0.25) is 19.8 Å². The second kappa shape index (κ2) is 8.64. The molecule has 2 aromatic carbocycles. The first-order chi connectivity index (χ1) is 16.0. The molecule has 33 heavy (non-hydrogen) atoms. The van der Waals surface area contributed by atoms with Crippen molar-refractivity contribution in [2.45, 2.75) is 19.5 Å². The molecule has 1 aliphatic rings. The minimum Gasteiger partial charge on any atom is -0.496 e. The minimum absolute atomic E-state index is 0.0186. The molecule has 0 saturated carbocycles. The second-order valence-corrected chi connectivity index (χ2v) is 8.85. The normalized spacial score (nSPS) is 13.6. The monoisotopic (exact) mass is 462 g/mol. The van der Waals surface area contributed by atoms with E-state index in [2.05, 4.69) is 31.2 Å². The highest BCUT2D eigenvalue weighted by atomic mass is 32.1. The van der Waals surface area contributed by atoms with Crippen LogP contribution in [0.25, 0.3) is 11.0 Å². The van der Waals surface area contributed by atoms with Crippen LogP contribution in [-0.4, -0.2) is 45.3 Å². The highest BCUT2D eigenvalue weighted by molar-refractivity contribution is 7.15. The first kappa shape index (κ1) is 21.1. The molecule has 5 rings (SSSR count). The molecular weight excluding hydrogens is 440 g/mol. The number of fused-ring (bicyclic) bond motifs is 2. The lowest BCUT2D eigenvalue weighted by Gasteiger charge is -2.26. The van der Waals surface area contributed by atoms with E-state index in [-0.39, 0.29) is 11.7 Å². The summed E-state index contributed by atoms with van der Waals surface area (Å²) >= 11 is 1.48. The van der Waals surface area contributed by atoms with Gasteiger partial charge >= 0.3 is 0 Å². The summed E-state index contributed by atoms with van der Waals surface area (Å²) in [6.45, 7) is 2.43. The topological polar surface area (TPSA) is 126 Å². The number of ether oxygens (including phenoxy) is 1. The predicted molar refractivity (Wildman–Crippen MR) is 125 cm³/mol. The van der Waals surface area contributed by atoms with Crippen molar-refractivity contribution in [3.8, 4) is 5.75 Å². The molecule has 0 atom stereocenters. The lowest BCUT2D eigenvalue weighted by atomic mass is 10.1. The molecule has 4 N–H and O–H groups in total. The Labute approximate surface area is 193 Å². The van der Waals surface area contributed by atoms with Gasteiger partial charge in [0.25, 0.3) is 11.8 Å². The Bertz CT molecular complexity index is 1360. The van der Waals surface area contributed by atoms with Gasteiger partial charge in [0.15, 0.2) is 11.0 Å². The summed E-state index contributed by atoms with van der Waals surface area (Å²) in [5.74, 6) is -0.111. The fourth-order valence-corrected chi connectivity index (χ4v) is 5.05. The zero-order valence-corrected chi connectivity index (χ0v) is 18.7. The van der Waals surface area contributed by atoms with Crippen molar-refractivity contribution < 1.29 is 14.3 Å². The van der Waals surface area contributed by atoms with Gasteiger partial charge in [-0.15, -0.1) is 11.3 Å². The maximum absolute atomic E-state index is 13.0. The molecule has 2 amide bonds. The third-order valence-corrected chi connectivity index (χ3v) is 6.61. The van der Waals surface area contributed by atoms with E-state index in [4.69, 9.17) is 10.5 Å². The molecule has 0 fully saturated rings. The van der Waals surface area contributed by atoms with Crippen LogP contribution in [0.4, 0.5) is 5.13 Å². The number of benzene rings is 2. The molecule has 0 spiro atoms. The van der Waals surface area contributed by atoms with E-state index in [9.17, 15) is 9.59 Å². The zero-order valence-electron chi connectivity index (χ0n) is 17.9. The number of nitrogens with two attached hydrogens (primary N) is 1. The van der Waals surface area contributed by atoms with Gasteiger partial charge in [0.2, 0.25) is 0 Å². The number of methoxy groups -OCH3 is 1. The van der Waals surface area contributed by atoms with Crippen molar-refractivity contribution in [3.63, 3.8) is 0 Å². The Kier molecular flexibility index (Phi) is 5.53. The van der Waals surface area contributed by atoms with Crippen molar-refractivity contribution >= 4 is 39.3 Å². The molecule has 168 valence electrons. The number of aromatic nitrogens is 3. The molecule has 1 aliphatic heterocycles. The molecule has 10 heteroatoms. The number of thiazole rings is 1. The molecule has 0 bridgehead atoms. The Balaban J connectivity index is 1.32. The summed E-state index contributed by atoms with van der Waals surface area (Å²) in [5, 5.41) is 3.44. The van der Waals surface area contributed by atoms with E-state index >= 15 is 0 Å². The van der Waals surface area contributed by atoms with E-state index < -0.39 is 5.91 Å². The van der Waals surface area contributed by atoms with E-state index in [1.54, 1.807) is 25.3 Å². The molecule has 2 aromatic heterocycles. The van der Waals surface area contributed by atoms with Gasteiger partial charge in [-0.25, -0.2) is 9.97 Å². The summed E-state index contributed by atoms with van der Waals surface area (Å²) in [5.41, 5.74) is 8.78. The Morgan fingerprint density at radius 3 is 2.88 bits per heavy atom. The summed E-state index contributed by atoms with van der Waals surface area (Å²) in [7, 11) is 1.68. The number of nitrogens with zero attached hydrogens (tertiary/aromatic N) is 3. The van der Waals surface area contributed by atoms with Gasteiger partial charge in [-0.2, -0.15) is 0 Å². The lowest BCUT2D eigenvalue weighted by Crippen LogP contribution is -2.29. The molecule has 9 nitrogen and oxygen atoms in total. The molecular formula is C23H22N6O3S. The maximum Gasteiger partial charge on any atom is 0.284 e. The predicted octanol–water partition coefficient (Wildman–Crippen LogP) is 2.94. The van der Waals surface area contributed by atoms with Crippen LogP contribution in [0.15, 0.2) is 42.5 Å². The average Bonchev–Trinajstić information content (AvgIpc) is 3.42. The summed E-state index contributed by atoms with van der Waals surface area (Å²) in [4.78, 5) is 39.5. The van der Waals surface area contributed by atoms with Crippen LogP contribution in [0.2, 0.25) is 0 Å². The molecule has 0 radical (unpaired) electrons. The number of para-hydroxylation sites is 2. The fraction of sp³-hybridized carbons (Fsp3) is 0.217. The van der Waals surface area contributed by atoms with Crippen LogP contribution in [-0.2, 0) is 19.5 Å². The lowest BCUT2D eigenvalue weighted by molar-refractivity contribution is 0.0989. The fourth-order valence-electron chi connectivity index (χ4n) is 4.01. The van der Waals surface area contributed by atoms with Crippen molar-refractivity contribution in [2.24, 2.45) is 5.73 Å². The van der Waals surface area contributed by atoms with Gasteiger partial charge in [-0.1, -0.05) is 24.3 Å². The molecule has 4 aromatic rings. The quantitative estimate of drug-likeness (QED) is 0.404. The molecule has 3 heterocycles. The van der Waals surface area contributed by atoms with Gasteiger partial charge in [0.1, 0.15) is 11.3 Å². The van der Waals surface area contributed by atoms with Crippen LogP contribution >= 0.6 is 11.3 Å². The number of aromatic amines is 1. The van der Waals surface area contributed by atoms with Gasteiger partial charge in [0.05, 0.1) is 23.9 Å². The van der Waals surface area contributed by atoms with Crippen LogP contribution in [0.1, 0.15) is 37.1 Å². The number of amides is 2. The minimum atomic E-state index is -0.678. The summed E-state index contributed by atoms with van der Waals surface area (Å²) in [6, 6.07) is 13.1. The van der Waals surface area contributed by atoms with E-state index in [0.29, 0.717) is 21.7 Å². The van der Waals surface area contributed by atoms with Crippen LogP contribution < -0.4 is 15.8 Å². The standard InChI is InChI=1S/C23H22N6O3S/c1-32-17-8-3-2-5-13(17)11-29-10-9-15-18(12-29)33-23(26-15)28-22(31)14-6-4-7-16-19(14)27-21(25-16)20(24)30/h2-8H,9-12H2,1H3,(H2,24,30)(H,25,27)(H,26,28,31). The third-order valence-electron chi connectivity index (χ3n) is 5.61. The van der Waals surface area contributed by atoms with Crippen molar-refractivity contribution in [2.75, 3.05) is 19.0 Å². The Hall–Kier alpha value is -3.76. The number of hydrogen-bond donors (Lipinski definition) is 3. The number of nitrogens with one attached hydrogen (secondary N) is 2. The number of primary amides is 1.